The van der Waals surface area contributed by atoms with E-state index in [4.69, 9.17) is 4.42 Å². The first-order chi connectivity index (χ1) is 12.4. The third-order valence-corrected chi connectivity index (χ3v) is 6.11. The van der Waals surface area contributed by atoms with Gasteiger partial charge in [0.1, 0.15) is 5.82 Å². The van der Waals surface area contributed by atoms with E-state index in [9.17, 15) is 9.18 Å². The molecule has 7 heteroatoms. The molecule has 2 aromatic rings. The lowest BCUT2D eigenvalue weighted by Gasteiger charge is -2.35. The standard InChI is InChI=1S/C19H24FN3O2S/c1-11-5-4-6-16(12(11)2)21-17(24)13(3)26-19-23-22-18(25-19)14-7-9-15(20)10-8-14/h7-13,16H,4-6H2,1-3H3,(H,21,24)/t11-,12+,13+,16-/m0/s1. The molecule has 1 fully saturated rings. The van der Waals surface area contributed by atoms with Gasteiger partial charge in [-0.05, 0) is 49.4 Å². The van der Waals surface area contributed by atoms with Crippen LogP contribution in [0.25, 0.3) is 11.5 Å². The number of nitrogens with zero attached hydrogens (tertiary/aromatic N) is 2. The highest BCUT2D eigenvalue weighted by Crippen LogP contribution is 2.30. The van der Waals surface area contributed by atoms with Gasteiger partial charge in [0, 0.05) is 11.6 Å². The molecule has 1 saturated carbocycles. The van der Waals surface area contributed by atoms with Gasteiger partial charge in [-0.1, -0.05) is 38.5 Å². The second-order valence-electron chi connectivity index (χ2n) is 7.02. The quantitative estimate of drug-likeness (QED) is 0.787. The Labute approximate surface area is 157 Å². The number of thioether (sulfide) groups is 1. The first-order valence-electron chi connectivity index (χ1n) is 9.00. The summed E-state index contributed by atoms with van der Waals surface area (Å²) in [5.41, 5.74) is 0.646. The Bertz CT molecular complexity index is 749. The van der Waals surface area contributed by atoms with Crippen molar-refractivity contribution in [3.05, 3.63) is 30.1 Å². The van der Waals surface area contributed by atoms with Crippen LogP contribution in [-0.2, 0) is 4.79 Å². The maximum atomic E-state index is 13.0. The predicted octanol–water partition coefficient (Wildman–Crippen LogP) is 4.30. The molecule has 1 amide bonds. The fraction of sp³-hybridized carbons (Fsp3) is 0.526. The van der Waals surface area contributed by atoms with E-state index < -0.39 is 0 Å². The number of amides is 1. The van der Waals surface area contributed by atoms with Crippen LogP contribution in [0.2, 0.25) is 0 Å². The summed E-state index contributed by atoms with van der Waals surface area (Å²) in [5.74, 6) is 1.10. The SMILES string of the molecule is C[C@H]1[C@@H](NC(=O)[C@@H](C)Sc2nnc(-c3ccc(F)cc3)o2)CCC[C@@H]1C. The van der Waals surface area contributed by atoms with Crippen molar-refractivity contribution in [1.82, 2.24) is 15.5 Å². The zero-order chi connectivity index (χ0) is 18.7. The van der Waals surface area contributed by atoms with Crippen molar-refractivity contribution in [2.45, 2.75) is 56.5 Å². The highest BCUT2D eigenvalue weighted by molar-refractivity contribution is 8.00. The average Bonchev–Trinajstić information content (AvgIpc) is 3.08. The van der Waals surface area contributed by atoms with Crippen molar-refractivity contribution in [2.24, 2.45) is 11.8 Å². The van der Waals surface area contributed by atoms with Gasteiger partial charge < -0.3 is 9.73 Å². The molecule has 140 valence electrons. The van der Waals surface area contributed by atoms with Crippen molar-refractivity contribution in [3.8, 4) is 11.5 Å². The van der Waals surface area contributed by atoms with Crippen LogP contribution in [0.15, 0.2) is 33.9 Å². The van der Waals surface area contributed by atoms with Crippen LogP contribution in [0.3, 0.4) is 0 Å². The Hall–Kier alpha value is -1.89. The Balaban J connectivity index is 1.58. The summed E-state index contributed by atoms with van der Waals surface area (Å²) >= 11 is 1.23. The number of hydrogen-bond donors (Lipinski definition) is 1. The van der Waals surface area contributed by atoms with Gasteiger partial charge in [-0.15, -0.1) is 10.2 Å². The van der Waals surface area contributed by atoms with Gasteiger partial charge in [0.2, 0.25) is 11.8 Å². The molecular formula is C19H24FN3O2S. The molecule has 1 aliphatic carbocycles. The van der Waals surface area contributed by atoms with E-state index in [0.717, 1.165) is 12.8 Å². The Morgan fingerprint density at radius 2 is 2.00 bits per heavy atom. The van der Waals surface area contributed by atoms with Crippen molar-refractivity contribution in [3.63, 3.8) is 0 Å². The largest absolute Gasteiger partial charge is 0.411 e. The van der Waals surface area contributed by atoms with Crippen LogP contribution < -0.4 is 5.32 Å². The summed E-state index contributed by atoms with van der Waals surface area (Å²) in [7, 11) is 0. The molecule has 5 nitrogen and oxygen atoms in total. The fourth-order valence-corrected chi connectivity index (χ4v) is 3.95. The molecule has 1 N–H and O–H groups in total. The van der Waals surface area contributed by atoms with E-state index in [1.165, 1.54) is 30.3 Å². The summed E-state index contributed by atoms with van der Waals surface area (Å²) in [6.45, 7) is 6.29. The van der Waals surface area contributed by atoms with E-state index in [2.05, 4.69) is 29.4 Å². The second kappa shape index (κ2) is 8.20. The maximum Gasteiger partial charge on any atom is 0.277 e. The molecule has 0 radical (unpaired) electrons. The van der Waals surface area contributed by atoms with E-state index in [1.807, 2.05) is 6.92 Å². The summed E-state index contributed by atoms with van der Waals surface area (Å²) in [5, 5.41) is 11.1. The van der Waals surface area contributed by atoms with E-state index in [-0.39, 0.29) is 23.0 Å². The topological polar surface area (TPSA) is 68.0 Å². The minimum absolute atomic E-state index is 0.0116. The summed E-state index contributed by atoms with van der Waals surface area (Å²) in [4.78, 5) is 12.5. The minimum atomic E-state index is -0.332. The molecule has 0 saturated heterocycles. The van der Waals surface area contributed by atoms with Gasteiger partial charge in [0.25, 0.3) is 5.22 Å². The van der Waals surface area contributed by atoms with Crippen molar-refractivity contribution in [2.75, 3.05) is 0 Å². The minimum Gasteiger partial charge on any atom is -0.411 e. The van der Waals surface area contributed by atoms with Crippen molar-refractivity contribution < 1.29 is 13.6 Å². The molecule has 4 atom stereocenters. The zero-order valence-electron chi connectivity index (χ0n) is 15.2. The molecule has 0 aliphatic heterocycles. The highest BCUT2D eigenvalue weighted by Gasteiger charge is 2.29. The monoisotopic (exact) mass is 377 g/mol. The van der Waals surface area contributed by atoms with Gasteiger partial charge >= 0.3 is 0 Å². The zero-order valence-corrected chi connectivity index (χ0v) is 16.1. The molecular weight excluding hydrogens is 353 g/mol. The van der Waals surface area contributed by atoms with Crippen LogP contribution in [0, 0.1) is 17.7 Å². The first-order valence-corrected chi connectivity index (χ1v) is 9.88. The first kappa shape index (κ1) is 18.9. The summed E-state index contributed by atoms with van der Waals surface area (Å²) in [6, 6.07) is 6.08. The van der Waals surface area contributed by atoms with Gasteiger partial charge in [-0.25, -0.2) is 4.39 Å². The Kier molecular flexibility index (Phi) is 5.96. The lowest BCUT2D eigenvalue weighted by atomic mass is 9.78. The Morgan fingerprint density at radius 3 is 2.73 bits per heavy atom. The fourth-order valence-electron chi connectivity index (χ4n) is 3.26. The highest BCUT2D eigenvalue weighted by atomic mass is 32.2. The normalized spacial score (nSPS) is 24.2. The summed E-state index contributed by atoms with van der Waals surface area (Å²) in [6.07, 6.45) is 3.42. The smallest absolute Gasteiger partial charge is 0.277 e. The third-order valence-electron chi connectivity index (χ3n) is 5.18. The van der Waals surface area contributed by atoms with Crippen LogP contribution in [-0.4, -0.2) is 27.4 Å². The molecule has 26 heavy (non-hydrogen) atoms. The summed E-state index contributed by atoms with van der Waals surface area (Å²) < 4.78 is 18.6. The lowest BCUT2D eigenvalue weighted by Crippen LogP contribution is -2.46. The predicted molar refractivity (Wildman–Crippen MR) is 99.1 cm³/mol. The van der Waals surface area contributed by atoms with E-state index in [1.54, 1.807) is 12.1 Å². The molecule has 0 bridgehead atoms. The number of carbonyl (C=O) groups is 1. The molecule has 1 aliphatic rings. The molecule has 1 aromatic heterocycles. The Morgan fingerprint density at radius 1 is 1.27 bits per heavy atom. The van der Waals surface area contributed by atoms with Gasteiger partial charge in [0.05, 0.1) is 5.25 Å². The number of halogens is 1. The van der Waals surface area contributed by atoms with Crippen molar-refractivity contribution in [1.29, 1.82) is 0 Å². The van der Waals surface area contributed by atoms with Gasteiger partial charge in [-0.2, -0.15) is 0 Å². The lowest BCUT2D eigenvalue weighted by molar-refractivity contribution is -0.121. The van der Waals surface area contributed by atoms with Gasteiger partial charge in [0.15, 0.2) is 0 Å². The van der Waals surface area contributed by atoms with Crippen LogP contribution in [0.1, 0.15) is 40.0 Å². The number of rotatable bonds is 5. The third kappa shape index (κ3) is 4.44. The van der Waals surface area contributed by atoms with E-state index in [0.29, 0.717) is 28.5 Å². The maximum absolute atomic E-state index is 13.0. The van der Waals surface area contributed by atoms with Gasteiger partial charge in [-0.3, -0.25) is 4.79 Å². The number of benzene rings is 1. The van der Waals surface area contributed by atoms with Crippen LogP contribution >= 0.6 is 11.8 Å². The molecule has 1 heterocycles. The van der Waals surface area contributed by atoms with Crippen molar-refractivity contribution >= 4 is 17.7 Å². The molecule has 3 rings (SSSR count). The average molecular weight is 377 g/mol. The molecule has 1 aromatic carbocycles. The van der Waals surface area contributed by atoms with Crippen LogP contribution in [0.5, 0.6) is 0 Å². The van der Waals surface area contributed by atoms with Crippen LogP contribution in [0.4, 0.5) is 4.39 Å². The number of nitrogens with one attached hydrogen (secondary N) is 1. The second-order valence-corrected chi connectivity index (χ2v) is 8.31. The van der Waals surface area contributed by atoms with E-state index >= 15 is 0 Å². The molecule has 0 spiro atoms. The number of hydrogen-bond acceptors (Lipinski definition) is 5. The molecule has 0 unspecified atom stereocenters. The number of aromatic nitrogens is 2. The number of carbonyl (C=O) groups excluding carboxylic acids is 1.